The van der Waals surface area contributed by atoms with Crippen LogP contribution >= 0.6 is 12.2 Å². The zero-order valence-electron chi connectivity index (χ0n) is 4.71. The van der Waals surface area contributed by atoms with E-state index in [1.54, 1.807) is 6.92 Å². The summed E-state index contributed by atoms with van der Waals surface area (Å²) >= 11 is 1.00. The number of hydrogen-bond donors (Lipinski definition) is 2. The van der Waals surface area contributed by atoms with Gasteiger partial charge in [0.25, 0.3) is 0 Å². The summed E-state index contributed by atoms with van der Waals surface area (Å²) in [6.07, 6.45) is 0. The summed E-state index contributed by atoms with van der Waals surface area (Å²) in [4.78, 5) is 0. The van der Waals surface area contributed by atoms with Gasteiger partial charge in [-0.2, -0.15) is 0 Å². The van der Waals surface area contributed by atoms with E-state index in [4.69, 9.17) is 5.21 Å². The van der Waals surface area contributed by atoms with Crippen molar-refractivity contribution < 1.29 is 9.39 Å². The number of hydrogen-bond acceptors (Lipinski definition) is 4. The summed E-state index contributed by atoms with van der Waals surface area (Å²) in [6, 6.07) is 0. The van der Waals surface area contributed by atoms with Crippen LogP contribution in [0.15, 0.2) is 5.16 Å². The molecule has 4 nitrogen and oxygen atoms in total. The monoisotopic (exact) mass is 136 g/mol. The highest BCUT2D eigenvalue weighted by molar-refractivity contribution is 7.93. The van der Waals surface area contributed by atoms with Crippen LogP contribution < -0.4 is 4.72 Å². The third-order valence-corrected chi connectivity index (χ3v) is 0.968. The Morgan fingerprint density at radius 3 is 2.88 bits per heavy atom. The molecule has 0 rings (SSSR count). The first-order valence-corrected chi connectivity index (χ1v) is 2.69. The molecule has 0 unspecified atom stereocenters. The van der Waals surface area contributed by atoms with Crippen molar-refractivity contribution in [1.82, 2.24) is 4.72 Å². The van der Waals surface area contributed by atoms with Gasteiger partial charge in [-0.05, 0) is 6.92 Å². The lowest BCUT2D eigenvalue weighted by Gasteiger charge is -1.96. The fourth-order valence-electron chi connectivity index (χ4n) is 0.122. The maximum atomic E-state index is 8.02. The molecular formula is C3H8N2O2S. The SMILES string of the molecule is COSN/C(C)=N\O. The van der Waals surface area contributed by atoms with E-state index < -0.39 is 0 Å². The predicted molar refractivity (Wildman–Crippen MR) is 32.6 cm³/mol. The highest BCUT2D eigenvalue weighted by atomic mass is 32.2. The lowest BCUT2D eigenvalue weighted by Crippen LogP contribution is -2.10. The van der Waals surface area contributed by atoms with E-state index in [2.05, 4.69) is 14.1 Å². The van der Waals surface area contributed by atoms with Gasteiger partial charge in [-0.15, -0.1) is 0 Å². The summed E-state index contributed by atoms with van der Waals surface area (Å²) < 4.78 is 7.10. The zero-order valence-corrected chi connectivity index (χ0v) is 5.53. The minimum absolute atomic E-state index is 0.414. The van der Waals surface area contributed by atoms with Gasteiger partial charge in [0, 0.05) is 0 Å². The van der Waals surface area contributed by atoms with Crippen LogP contribution in [-0.4, -0.2) is 18.2 Å². The Morgan fingerprint density at radius 1 is 1.88 bits per heavy atom. The minimum atomic E-state index is 0.414. The van der Waals surface area contributed by atoms with Gasteiger partial charge in [-0.1, -0.05) is 5.16 Å². The molecule has 0 aromatic heterocycles. The number of amidine groups is 1. The second-order valence-corrected chi connectivity index (χ2v) is 1.74. The number of nitrogens with zero attached hydrogens (tertiary/aromatic N) is 1. The summed E-state index contributed by atoms with van der Waals surface area (Å²) in [5, 5.41) is 10.8. The van der Waals surface area contributed by atoms with Crippen LogP contribution in [0, 0.1) is 0 Å². The van der Waals surface area contributed by atoms with E-state index in [1.807, 2.05) is 0 Å². The molecule has 0 spiro atoms. The molecule has 0 saturated carbocycles. The summed E-state index contributed by atoms with van der Waals surface area (Å²) in [5.41, 5.74) is 0. The summed E-state index contributed by atoms with van der Waals surface area (Å²) in [6.45, 7) is 1.62. The Hall–Kier alpha value is -0.420. The lowest BCUT2D eigenvalue weighted by molar-refractivity contribution is 0.317. The van der Waals surface area contributed by atoms with Crippen LogP contribution in [0.5, 0.6) is 0 Å². The fraction of sp³-hybridized carbons (Fsp3) is 0.667. The van der Waals surface area contributed by atoms with Crippen molar-refractivity contribution in [2.24, 2.45) is 5.16 Å². The molecule has 8 heavy (non-hydrogen) atoms. The molecule has 5 heteroatoms. The van der Waals surface area contributed by atoms with E-state index in [0.29, 0.717) is 5.84 Å². The van der Waals surface area contributed by atoms with Gasteiger partial charge in [0.1, 0.15) is 18.1 Å². The van der Waals surface area contributed by atoms with Crippen LogP contribution in [0.4, 0.5) is 0 Å². The smallest absolute Gasteiger partial charge is 0.150 e. The van der Waals surface area contributed by atoms with Gasteiger partial charge < -0.3 is 9.39 Å². The third kappa shape index (κ3) is 3.76. The molecule has 0 amide bonds. The molecule has 0 aliphatic rings. The van der Waals surface area contributed by atoms with Crippen LogP contribution in [0.3, 0.4) is 0 Å². The maximum Gasteiger partial charge on any atom is 0.150 e. The Kier molecular flexibility index (Phi) is 4.48. The first kappa shape index (κ1) is 7.58. The van der Waals surface area contributed by atoms with Crippen molar-refractivity contribution in [2.45, 2.75) is 6.92 Å². The van der Waals surface area contributed by atoms with E-state index in [9.17, 15) is 0 Å². The molecule has 0 aromatic rings. The average molecular weight is 136 g/mol. The highest BCUT2D eigenvalue weighted by Crippen LogP contribution is 1.89. The summed E-state index contributed by atoms with van der Waals surface area (Å²) in [7, 11) is 1.52. The first-order chi connectivity index (χ1) is 3.81. The lowest BCUT2D eigenvalue weighted by atomic mass is 10.7. The molecule has 0 aliphatic heterocycles. The molecule has 0 aliphatic carbocycles. The third-order valence-electron chi connectivity index (χ3n) is 0.423. The van der Waals surface area contributed by atoms with E-state index in [-0.39, 0.29) is 0 Å². The Bertz CT molecular complexity index is 85.4. The maximum absolute atomic E-state index is 8.02. The van der Waals surface area contributed by atoms with Gasteiger partial charge in [-0.3, -0.25) is 4.72 Å². The van der Waals surface area contributed by atoms with Crippen LogP contribution in [0.2, 0.25) is 0 Å². The molecule has 2 N–H and O–H groups in total. The number of nitrogens with one attached hydrogen (secondary N) is 1. The average Bonchev–Trinajstić information content (AvgIpc) is 1.83. The molecule has 0 heterocycles. The standard InChI is InChI=1S/C3H8N2O2S/c1-3(4-6)5-8-7-2/h6H,1-2H3,(H,4,5). The summed E-state index contributed by atoms with van der Waals surface area (Å²) in [5.74, 6) is 0.414. The first-order valence-electron chi connectivity index (χ1n) is 1.95. The van der Waals surface area contributed by atoms with E-state index >= 15 is 0 Å². The van der Waals surface area contributed by atoms with Crippen LogP contribution in [0.25, 0.3) is 0 Å². The molecule has 48 valence electrons. The van der Waals surface area contributed by atoms with Crippen molar-refractivity contribution in [3.8, 4) is 0 Å². The largest absolute Gasteiger partial charge is 0.409 e. The normalized spacial score (nSPS) is 11.5. The second-order valence-electron chi connectivity index (χ2n) is 1.04. The highest BCUT2D eigenvalue weighted by Gasteiger charge is 1.85. The minimum Gasteiger partial charge on any atom is -0.409 e. The molecule has 0 fully saturated rings. The zero-order chi connectivity index (χ0) is 6.41. The predicted octanol–water partition coefficient (Wildman–Crippen LogP) is 0.593. The fourth-order valence-corrected chi connectivity index (χ4v) is 0.367. The second kappa shape index (κ2) is 4.73. The van der Waals surface area contributed by atoms with E-state index in [0.717, 1.165) is 12.2 Å². The van der Waals surface area contributed by atoms with Crippen LogP contribution in [0.1, 0.15) is 6.92 Å². The molecule has 0 atom stereocenters. The van der Waals surface area contributed by atoms with Gasteiger partial charge >= 0.3 is 0 Å². The molecule has 0 saturated heterocycles. The molecular weight excluding hydrogens is 128 g/mol. The van der Waals surface area contributed by atoms with E-state index in [1.165, 1.54) is 7.11 Å². The quantitative estimate of drug-likeness (QED) is 0.146. The molecule has 0 bridgehead atoms. The van der Waals surface area contributed by atoms with Gasteiger partial charge in [0.05, 0.1) is 7.11 Å². The topological polar surface area (TPSA) is 53.8 Å². The van der Waals surface area contributed by atoms with Gasteiger partial charge in [0.2, 0.25) is 0 Å². The van der Waals surface area contributed by atoms with Crippen LogP contribution in [-0.2, 0) is 4.18 Å². The van der Waals surface area contributed by atoms with Crippen molar-refractivity contribution in [1.29, 1.82) is 0 Å². The van der Waals surface area contributed by atoms with Gasteiger partial charge in [-0.25, -0.2) is 0 Å². The Labute approximate surface area is 52.2 Å². The Balaban J connectivity index is 3.12. The van der Waals surface area contributed by atoms with Crippen molar-refractivity contribution in [3.05, 3.63) is 0 Å². The van der Waals surface area contributed by atoms with Crippen molar-refractivity contribution >= 4 is 18.1 Å². The Morgan fingerprint density at radius 2 is 2.50 bits per heavy atom. The molecule has 0 aromatic carbocycles. The molecule has 0 radical (unpaired) electrons. The van der Waals surface area contributed by atoms with Crippen molar-refractivity contribution in [2.75, 3.05) is 7.11 Å². The number of rotatable bonds is 2. The van der Waals surface area contributed by atoms with Gasteiger partial charge in [0.15, 0.2) is 0 Å². The number of oxime groups is 1. The van der Waals surface area contributed by atoms with Crippen molar-refractivity contribution in [3.63, 3.8) is 0 Å².